The molecule has 1 N–H and O–H groups in total. The number of nitrogens with zero attached hydrogens (tertiary/aromatic N) is 1. The summed E-state index contributed by atoms with van der Waals surface area (Å²) in [6, 6.07) is 4.84. The van der Waals surface area contributed by atoms with Gasteiger partial charge in [-0.3, -0.25) is 14.5 Å². The topological polar surface area (TPSA) is 49.4 Å². The van der Waals surface area contributed by atoms with Gasteiger partial charge in [0.05, 0.1) is 0 Å². The van der Waals surface area contributed by atoms with Gasteiger partial charge < -0.3 is 5.32 Å². The lowest BCUT2D eigenvalue weighted by atomic mass is 10.1. The van der Waals surface area contributed by atoms with Crippen LogP contribution in [-0.2, 0) is 9.59 Å². The molecule has 1 aromatic carbocycles. The van der Waals surface area contributed by atoms with Gasteiger partial charge in [-0.25, -0.2) is 0 Å². The molecule has 1 heterocycles. The molecule has 0 aromatic heterocycles. The Balaban J connectivity index is 2.50. The number of nitrogens with one attached hydrogen (secondary N) is 1. The highest BCUT2D eigenvalue weighted by Gasteiger charge is 2.37. The highest BCUT2D eigenvalue weighted by molar-refractivity contribution is 14.1. The molecule has 1 aliphatic rings. The molecule has 2 rings (SSSR count). The smallest absolute Gasteiger partial charge is 0.250 e. The quantitative estimate of drug-likeness (QED) is 0.779. The van der Waals surface area contributed by atoms with Crippen LogP contribution >= 0.6 is 22.6 Å². The minimum Gasteiger partial charge on any atom is -0.343 e. The third-order valence-electron chi connectivity index (χ3n) is 3.23. The second-order valence-corrected chi connectivity index (χ2v) is 5.66. The normalized spacial score (nSPS) is 24.1. The van der Waals surface area contributed by atoms with E-state index in [1.165, 1.54) is 0 Å². The summed E-state index contributed by atoms with van der Waals surface area (Å²) in [6.07, 6.45) is 0. The maximum Gasteiger partial charge on any atom is 0.250 e. The van der Waals surface area contributed by atoms with E-state index in [0.29, 0.717) is 0 Å². The highest BCUT2D eigenvalue weighted by atomic mass is 127. The van der Waals surface area contributed by atoms with Crippen molar-refractivity contribution < 1.29 is 9.59 Å². The maximum atomic E-state index is 12.3. The lowest BCUT2D eigenvalue weighted by Crippen LogP contribution is -2.61. The Bertz CT molecular complexity index is 516. The highest BCUT2D eigenvalue weighted by Crippen LogP contribution is 2.28. The van der Waals surface area contributed by atoms with Crippen molar-refractivity contribution in [3.63, 3.8) is 0 Å². The van der Waals surface area contributed by atoms with E-state index in [9.17, 15) is 9.59 Å². The van der Waals surface area contributed by atoms with Gasteiger partial charge in [-0.1, -0.05) is 6.07 Å². The molecule has 1 fully saturated rings. The van der Waals surface area contributed by atoms with Gasteiger partial charge in [0.2, 0.25) is 11.8 Å². The van der Waals surface area contributed by atoms with Crippen molar-refractivity contribution in [1.82, 2.24) is 5.32 Å². The molecule has 0 radical (unpaired) electrons. The molecule has 96 valence electrons. The number of hydrogen-bond donors (Lipinski definition) is 1. The van der Waals surface area contributed by atoms with Crippen molar-refractivity contribution in [2.24, 2.45) is 0 Å². The third-order valence-corrected chi connectivity index (χ3v) is 4.40. The van der Waals surface area contributed by atoms with Crippen molar-refractivity contribution in [3.8, 4) is 0 Å². The van der Waals surface area contributed by atoms with Gasteiger partial charge in [0.1, 0.15) is 12.1 Å². The monoisotopic (exact) mass is 358 g/mol. The zero-order chi connectivity index (χ0) is 13.4. The lowest BCUT2D eigenvalue weighted by Gasteiger charge is -2.37. The average Bonchev–Trinajstić information content (AvgIpc) is 2.32. The summed E-state index contributed by atoms with van der Waals surface area (Å²) < 4.78 is 1.09. The number of carbonyl (C=O) groups is 2. The summed E-state index contributed by atoms with van der Waals surface area (Å²) in [7, 11) is 0. The summed E-state index contributed by atoms with van der Waals surface area (Å²) >= 11 is 2.23. The first-order valence-electron chi connectivity index (χ1n) is 5.82. The van der Waals surface area contributed by atoms with Gasteiger partial charge in [0.25, 0.3) is 0 Å². The van der Waals surface area contributed by atoms with Gasteiger partial charge >= 0.3 is 0 Å². The summed E-state index contributed by atoms with van der Waals surface area (Å²) in [5.41, 5.74) is 1.85. The molecule has 18 heavy (non-hydrogen) atoms. The summed E-state index contributed by atoms with van der Waals surface area (Å²) in [4.78, 5) is 25.7. The first-order valence-corrected chi connectivity index (χ1v) is 6.90. The van der Waals surface area contributed by atoms with E-state index in [1.54, 1.807) is 18.7 Å². The van der Waals surface area contributed by atoms with Crippen molar-refractivity contribution in [2.75, 3.05) is 4.90 Å². The number of halogens is 1. The Labute approximate surface area is 120 Å². The van der Waals surface area contributed by atoms with Crippen LogP contribution in [0.2, 0.25) is 0 Å². The second-order valence-electron chi connectivity index (χ2n) is 4.50. The number of rotatable bonds is 1. The Morgan fingerprint density at radius 1 is 1.28 bits per heavy atom. The predicted octanol–water partition coefficient (Wildman–Crippen LogP) is 1.84. The molecule has 1 saturated heterocycles. The van der Waals surface area contributed by atoms with Crippen molar-refractivity contribution in [3.05, 3.63) is 27.3 Å². The van der Waals surface area contributed by atoms with E-state index >= 15 is 0 Å². The number of anilines is 1. The fraction of sp³-hybridized carbons (Fsp3) is 0.385. The Morgan fingerprint density at radius 2 is 1.94 bits per heavy atom. The van der Waals surface area contributed by atoms with E-state index < -0.39 is 12.1 Å². The van der Waals surface area contributed by atoms with Gasteiger partial charge in [-0.05, 0) is 61.1 Å². The van der Waals surface area contributed by atoms with Gasteiger partial charge in [0, 0.05) is 9.26 Å². The molecule has 0 aliphatic carbocycles. The second kappa shape index (κ2) is 4.87. The van der Waals surface area contributed by atoms with E-state index in [4.69, 9.17) is 0 Å². The minimum atomic E-state index is -0.467. The average molecular weight is 358 g/mol. The Kier molecular flexibility index (Phi) is 3.61. The zero-order valence-corrected chi connectivity index (χ0v) is 12.7. The van der Waals surface area contributed by atoms with Crippen LogP contribution in [0.3, 0.4) is 0 Å². The summed E-state index contributed by atoms with van der Waals surface area (Å²) in [6.45, 7) is 5.43. The standard InChI is InChI=1S/C13H15IN2O2/c1-7-10(14)5-4-6-11(7)16-9(3)12(17)15-8(2)13(16)18/h4-6,8-9H,1-3H3,(H,15,17). The molecule has 0 bridgehead atoms. The fourth-order valence-electron chi connectivity index (χ4n) is 2.10. The molecule has 5 heteroatoms. The van der Waals surface area contributed by atoms with E-state index in [-0.39, 0.29) is 11.8 Å². The van der Waals surface area contributed by atoms with Gasteiger partial charge in [-0.2, -0.15) is 0 Å². The van der Waals surface area contributed by atoms with Crippen molar-refractivity contribution in [1.29, 1.82) is 0 Å². The molecule has 2 unspecified atom stereocenters. The minimum absolute atomic E-state index is 0.0628. The van der Waals surface area contributed by atoms with Crippen LogP contribution in [-0.4, -0.2) is 23.9 Å². The first-order chi connectivity index (χ1) is 8.43. The Morgan fingerprint density at radius 3 is 2.61 bits per heavy atom. The molecule has 1 aromatic rings. The number of carbonyl (C=O) groups excluding carboxylic acids is 2. The molecule has 1 aliphatic heterocycles. The van der Waals surface area contributed by atoms with Crippen LogP contribution in [0.25, 0.3) is 0 Å². The SMILES string of the molecule is Cc1c(I)cccc1N1C(=O)C(C)NC(=O)C1C. The van der Waals surface area contributed by atoms with E-state index in [1.807, 2.05) is 25.1 Å². The molecule has 0 saturated carbocycles. The molecule has 0 spiro atoms. The Hall–Kier alpha value is -1.11. The van der Waals surface area contributed by atoms with Crippen LogP contribution < -0.4 is 10.2 Å². The van der Waals surface area contributed by atoms with Crippen LogP contribution in [0.1, 0.15) is 19.4 Å². The first kappa shape index (κ1) is 13.3. The van der Waals surface area contributed by atoms with E-state index in [2.05, 4.69) is 27.9 Å². The molecule has 4 nitrogen and oxygen atoms in total. The third kappa shape index (κ3) is 2.11. The molecule has 2 amide bonds. The largest absolute Gasteiger partial charge is 0.343 e. The zero-order valence-electron chi connectivity index (χ0n) is 10.5. The molecular formula is C13H15IN2O2. The van der Waals surface area contributed by atoms with Crippen molar-refractivity contribution >= 4 is 40.1 Å². The van der Waals surface area contributed by atoms with Crippen LogP contribution in [0.4, 0.5) is 5.69 Å². The van der Waals surface area contributed by atoms with Crippen LogP contribution in [0, 0.1) is 10.5 Å². The number of hydrogen-bond acceptors (Lipinski definition) is 2. The number of benzene rings is 1. The predicted molar refractivity (Wildman–Crippen MR) is 78.4 cm³/mol. The summed E-state index contributed by atoms with van der Waals surface area (Å²) in [5, 5.41) is 2.68. The number of piperazine rings is 1. The molecular weight excluding hydrogens is 343 g/mol. The maximum absolute atomic E-state index is 12.3. The number of amides is 2. The van der Waals surface area contributed by atoms with Crippen LogP contribution in [0.5, 0.6) is 0 Å². The fourth-order valence-corrected chi connectivity index (χ4v) is 2.58. The van der Waals surface area contributed by atoms with Gasteiger partial charge in [-0.15, -0.1) is 0 Å². The molecule has 2 atom stereocenters. The van der Waals surface area contributed by atoms with Gasteiger partial charge in [0.15, 0.2) is 0 Å². The van der Waals surface area contributed by atoms with Crippen LogP contribution in [0.15, 0.2) is 18.2 Å². The van der Waals surface area contributed by atoms with E-state index in [0.717, 1.165) is 14.8 Å². The summed E-state index contributed by atoms with van der Waals surface area (Å²) in [5.74, 6) is -0.174. The lowest BCUT2D eigenvalue weighted by molar-refractivity contribution is -0.133. The van der Waals surface area contributed by atoms with Crippen molar-refractivity contribution in [2.45, 2.75) is 32.9 Å².